The van der Waals surface area contributed by atoms with Crippen molar-refractivity contribution < 1.29 is 0 Å². The van der Waals surface area contributed by atoms with Crippen LogP contribution in [0.2, 0.25) is 0 Å². The smallest absolute Gasteiger partial charge is 0.126 e. The Hall–Kier alpha value is -1.35. The first-order valence-corrected chi connectivity index (χ1v) is 5.05. The van der Waals surface area contributed by atoms with Crippen LogP contribution in [0.25, 0.3) is 11.0 Å². The summed E-state index contributed by atoms with van der Waals surface area (Å²) in [5.74, 6) is 1.16. The van der Waals surface area contributed by atoms with E-state index in [0.717, 1.165) is 24.4 Å². The Kier molecular flexibility index (Phi) is 1.61. The van der Waals surface area contributed by atoms with E-state index in [2.05, 4.69) is 40.0 Å². The Labute approximate surface area is 82.8 Å². The van der Waals surface area contributed by atoms with Crippen molar-refractivity contribution in [2.45, 2.75) is 19.5 Å². The van der Waals surface area contributed by atoms with E-state index in [1.807, 2.05) is 6.07 Å². The Morgan fingerprint density at radius 2 is 2.29 bits per heavy atom. The molecule has 2 aromatic rings. The average Bonchev–Trinajstić information content (AvgIpc) is 2.59. The fourth-order valence-electron chi connectivity index (χ4n) is 2.14. The summed E-state index contributed by atoms with van der Waals surface area (Å²) in [6.45, 7) is 4.23. The van der Waals surface area contributed by atoms with Gasteiger partial charge >= 0.3 is 0 Å². The number of nitrogens with zero attached hydrogens (tertiary/aromatic N) is 2. The van der Waals surface area contributed by atoms with Gasteiger partial charge in [-0.2, -0.15) is 0 Å². The molecule has 72 valence electrons. The van der Waals surface area contributed by atoms with Crippen LogP contribution in [-0.4, -0.2) is 16.1 Å². The molecular formula is C11H13N3. The number of imidazole rings is 1. The lowest BCUT2D eigenvalue weighted by Crippen LogP contribution is -2.31. The molecule has 0 radical (unpaired) electrons. The molecule has 1 N–H and O–H groups in total. The number of aromatic nitrogens is 2. The normalized spacial score (nSPS) is 21.1. The molecular weight excluding hydrogens is 174 g/mol. The Balaban J connectivity index is 2.32. The Morgan fingerprint density at radius 1 is 1.43 bits per heavy atom. The zero-order chi connectivity index (χ0) is 9.54. The third kappa shape index (κ3) is 0.990. The van der Waals surface area contributed by atoms with Gasteiger partial charge in [-0.1, -0.05) is 12.1 Å². The molecule has 1 aromatic heterocycles. The maximum absolute atomic E-state index is 4.63. The summed E-state index contributed by atoms with van der Waals surface area (Å²) in [4.78, 5) is 4.63. The predicted octanol–water partition coefficient (Wildman–Crippen LogP) is 1.70. The molecule has 0 bridgehead atoms. The number of para-hydroxylation sites is 2. The highest BCUT2D eigenvalue weighted by Crippen LogP contribution is 2.22. The zero-order valence-electron chi connectivity index (χ0n) is 8.20. The Bertz CT molecular complexity index is 472. The third-order valence-corrected chi connectivity index (χ3v) is 2.86. The molecule has 1 atom stereocenters. The minimum atomic E-state index is 0.371. The molecule has 0 aliphatic carbocycles. The molecule has 3 heteroatoms. The maximum atomic E-state index is 4.63. The number of benzene rings is 1. The van der Waals surface area contributed by atoms with Crippen LogP contribution in [0.15, 0.2) is 24.3 Å². The van der Waals surface area contributed by atoms with Gasteiger partial charge < -0.3 is 9.88 Å². The van der Waals surface area contributed by atoms with Crippen molar-refractivity contribution in [2.75, 3.05) is 6.54 Å². The lowest BCUT2D eigenvalue weighted by atomic mass is 10.2. The fourth-order valence-corrected chi connectivity index (χ4v) is 2.14. The van der Waals surface area contributed by atoms with Gasteiger partial charge in [-0.05, 0) is 19.1 Å². The SMILES string of the molecule is C[C@@H]1NCCn2c1nc1ccccc12. The second-order valence-electron chi connectivity index (χ2n) is 3.79. The summed E-state index contributed by atoms with van der Waals surface area (Å²) in [6, 6.07) is 8.71. The van der Waals surface area contributed by atoms with Gasteiger partial charge in [0.1, 0.15) is 5.82 Å². The molecule has 0 saturated heterocycles. The molecule has 0 saturated carbocycles. The fraction of sp³-hybridized carbons (Fsp3) is 0.364. The van der Waals surface area contributed by atoms with Crippen LogP contribution >= 0.6 is 0 Å². The van der Waals surface area contributed by atoms with Crippen LogP contribution in [0.1, 0.15) is 18.8 Å². The van der Waals surface area contributed by atoms with E-state index in [0.29, 0.717) is 6.04 Å². The second-order valence-corrected chi connectivity index (χ2v) is 3.79. The summed E-state index contributed by atoms with van der Waals surface area (Å²) >= 11 is 0. The summed E-state index contributed by atoms with van der Waals surface area (Å²) in [5.41, 5.74) is 2.37. The molecule has 0 fully saturated rings. The lowest BCUT2D eigenvalue weighted by Gasteiger charge is -2.21. The van der Waals surface area contributed by atoms with Gasteiger partial charge in [0.25, 0.3) is 0 Å². The second kappa shape index (κ2) is 2.82. The van der Waals surface area contributed by atoms with Gasteiger partial charge in [-0.25, -0.2) is 4.98 Å². The van der Waals surface area contributed by atoms with Crippen LogP contribution in [0, 0.1) is 0 Å². The third-order valence-electron chi connectivity index (χ3n) is 2.86. The summed E-state index contributed by atoms with van der Waals surface area (Å²) < 4.78 is 2.32. The molecule has 1 aliphatic rings. The molecule has 2 heterocycles. The number of rotatable bonds is 0. The molecule has 0 unspecified atom stereocenters. The van der Waals surface area contributed by atoms with Crippen LogP contribution in [0.5, 0.6) is 0 Å². The van der Waals surface area contributed by atoms with Crippen molar-refractivity contribution in [2.24, 2.45) is 0 Å². The standard InChI is InChI=1S/C11H13N3/c1-8-11-13-9-4-2-3-5-10(9)14(11)7-6-12-8/h2-5,8,12H,6-7H2,1H3/t8-/m0/s1. The first kappa shape index (κ1) is 8.00. The van der Waals surface area contributed by atoms with Gasteiger partial charge in [-0.3, -0.25) is 0 Å². The van der Waals surface area contributed by atoms with Crippen LogP contribution in [0.4, 0.5) is 0 Å². The van der Waals surface area contributed by atoms with Gasteiger partial charge in [0.05, 0.1) is 17.1 Å². The molecule has 0 spiro atoms. The first-order valence-electron chi connectivity index (χ1n) is 5.05. The number of hydrogen-bond donors (Lipinski definition) is 1. The van der Waals surface area contributed by atoms with Crippen molar-refractivity contribution in [1.29, 1.82) is 0 Å². The van der Waals surface area contributed by atoms with Crippen molar-refractivity contribution in [3.8, 4) is 0 Å². The van der Waals surface area contributed by atoms with E-state index < -0.39 is 0 Å². The summed E-state index contributed by atoms with van der Waals surface area (Å²) in [7, 11) is 0. The molecule has 1 aromatic carbocycles. The number of hydrogen-bond acceptors (Lipinski definition) is 2. The Morgan fingerprint density at radius 3 is 3.21 bits per heavy atom. The molecule has 1 aliphatic heterocycles. The van der Waals surface area contributed by atoms with Gasteiger partial charge in [-0.15, -0.1) is 0 Å². The van der Waals surface area contributed by atoms with Gasteiger partial charge in [0.2, 0.25) is 0 Å². The van der Waals surface area contributed by atoms with E-state index in [9.17, 15) is 0 Å². The van der Waals surface area contributed by atoms with Crippen molar-refractivity contribution >= 4 is 11.0 Å². The van der Waals surface area contributed by atoms with Gasteiger partial charge in [0, 0.05) is 13.1 Å². The van der Waals surface area contributed by atoms with Gasteiger partial charge in [0.15, 0.2) is 0 Å². The zero-order valence-corrected chi connectivity index (χ0v) is 8.20. The minimum absolute atomic E-state index is 0.371. The number of nitrogens with one attached hydrogen (secondary N) is 1. The molecule has 14 heavy (non-hydrogen) atoms. The highest BCUT2D eigenvalue weighted by Gasteiger charge is 2.19. The van der Waals surface area contributed by atoms with E-state index in [-0.39, 0.29) is 0 Å². The highest BCUT2D eigenvalue weighted by atomic mass is 15.2. The molecule has 3 rings (SSSR count). The molecule has 3 nitrogen and oxygen atoms in total. The first-order chi connectivity index (χ1) is 6.86. The maximum Gasteiger partial charge on any atom is 0.126 e. The predicted molar refractivity (Wildman–Crippen MR) is 56.2 cm³/mol. The largest absolute Gasteiger partial charge is 0.325 e. The van der Waals surface area contributed by atoms with Crippen molar-refractivity contribution in [3.05, 3.63) is 30.1 Å². The van der Waals surface area contributed by atoms with Crippen LogP contribution in [0.3, 0.4) is 0 Å². The lowest BCUT2D eigenvalue weighted by molar-refractivity contribution is 0.443. The average molecular weight is 187 g/mol. The molecule has 0 amide bonds. The summed E-state index contributed by atoms with van der Waals surface area (Å²) in [5, 5.41) is 3.42. The minimum Gasteiger partial charge on any atom is -0.325 e. The van der Waals surface area contributed by atoms with Crippen molar-refractivity contribution in [3.63, 3.8) is 0 Å². The van der Waals surface area contributed by atoms with Crippen LogP contribution in [-0.2, 0) is 6.54 Å². The summed E-state index contributed by atoms with van der Waals surface area (Å²) in [6.07, 6.45) is 0. The monoisotopic (exact) mass is 187 g/mol. The quantitative estimate of drug-likeness (QED) is 0.680. The topological polar surface area (TPSA) is 29.9 Å². The number of fused-ring (bicyclic) bond motifs is 3. The van der Waals surface area contributed by atoms with E-state index in [4.69, 9.17) is 0 Å². The highest BCUT2D eigenvalue weighted by molar-refractivity contribution is 5.76. The van der Waals surface area contributed by atoms with E-state index >= 15 is 0 Å². The van der Waals surface area contributed by atoms with Crippen LogP contribution < -0.4 is 5.32 Å². The van der Waals surface area contributed by atoms with E-state index in [1.54, 1.807) is 0 Å². The van der Waals surface area contributed by atoms with Crippen molar-refractivity contribution in [1.82, 2.24) is 14.9 Å². The van der Waals surface area contributed by atoms with E-state index in [1.165, 1.54) is 5.52 Å².